The molecule has 0 bridgehead atoms. The lowest BCUT2D eigenvalue weighted by molar-refractivity contribution is 0.0243. The molecule has 0 aromatic heterocycles. The molecule has 2 nitrogen and oxygen atoms in total. The molecule has 0 aliphatic carbocycles. The molecule has 0 radical (unpaired) electrons. The van der Waals surface area contributed by atoms with E-state index in [-0.39, 0.29) is 6.10 Å². The summed E-state index contributed by atoms with van der Waals surface area (Å²) < 4.78 is 32.8. The Kier molecular flexibility index (Phi) is 11.9. The third-order valence-electron chi connectivity index (χ3n) is 4.68. The molecular weight excluding hydrogens is 334 g/mol. The summed E-state index contributed by atoms with van der Waals surface area (Å²) in [5.41, 5.74) is -0.583. The molecule has 0 aliphatic heterocycles. The van der Waals surface area contributed by atoms with Gasteiger partial charge in [-0.05, 0) is 31.4 Å². The summed E-state index contributed by atoms with van der Waals surface area (Å²) in [6, 6.07) is 3.40. The van der Waals surface area contributed by atoms with Gasteiger partial charge < -0.3 is 4.74 Å². The van der Waals surface area contributed by atoms with E-state index < -0.39 is 23.2 Å². The van der Waals surface area contributed by atoms with Gasteiger partial charge in [0.15, 0.2) is 0 Å². The quantitative estimate of drug-likeness (QED) is 0.256. The first-order valence-electron chi connectivity index (χ1n) is 10.2. The third kappa shape index (κ3) is 8.77. The van der Waals surface area contributed by atoms with E-state index in [1.807, 2.05) is 6.92 Å². The molecule has 0 heterocycles. The van der Waals surface area contributed by atoms with E-state index in [0.717, 1.165) is 44.2 Å². The van der Waals surface area contributed by atoms with E-state index in [0.29, 0.717) is 0 Å². The van der Waals surface area contributed by atoms with Crippen LogP contribution in [0.25, 0.3) is 0 Å². The zero-order chi connectivity index (χ0) is 19.2. The van der Waals surface area contributed by atoms with Crippen LogP contribution in [0, 0.1) is 11.6 Å². The average molecular weight is 369 g/mol. The van der Waals surface area contributed by atoms with Gasteiger partial charge in [-0.25, -0.2) is 13.6 Å². The highest BCUT2D eigenvalue weighted by atomic mass is 19.1. The van der Waals surface area contributed by atoms with Gasteiger partial charge in [-0.3, -0.25) is 0 Å². The Morgan fingerprint density at radius 2 is 1.38 bits per heavy atom. The van der Waals surface area contributed by atoms with Crippen LogP contribution in [0.15, 0.2) is 18.2 Å². The van der Waals surface area contributed by atoms with Gasteiger partial charge >= 0.3 is 5.97 Å². The second-order valence-electron chi connectivity index (χ2n) is 7.03. The molecule has 1 aromatic carbocycles. The standard InChI is InChI=1S/C22H34F2O2/c1-3-5-6-7-8-9-10-11-12-15-18(14-4-2)26-22(25)21-19(23)16-13-17-20(21)24/h13,16-18H,3-12,14-15H2,1-2H3. The summed E-state index contributed by atoms with van der Waals surface area (Å²) in [5, 5.41) is 0. The Hall–Kier alpha value is -1.45. The second-order valence-corrected chi connectivity index (χ2v) is 7.03. The van der Waals surface area contributed by atoms with Crippen LogP contribution in [0.5, 0.6) is 0 Å². The summed E-state index contributed by atoms with van der Waals surface area (Å²) >= 11 is 0. The van der Waals surface area contributed by atoms with Crippen molar-refractivity contribution in [2.24, 2.45) is 0 Å². The van der Waals surface area contributed by atoms with Crippen molar-refractivity contribution in [2.75, 3.05) is 0 Å². The summed E-state index contributed by atoms with van der Waals surface area (Å²) in [4.78, 5) is 12.1. The number of rotatable bonds is 14. The van der Waals surface area contributed by atoms with Crippen LogP contribution in [0.4, 0.5) is 8.78 Å². The van der Waals surface area contributed by atoms with E-state index in [4.69, 9.17) is 4.74 Å². The normalized spacial score (nSPS) is 12.2. The molecule has 1 aromatic rings. The minimum atomic E-state index is -0.894. The average Bonchev–Trinajstić information content (AvgIpc) is 2.60. The van der Waals surface area contributed by atoms with Crippen LogP contribution in [0.1, 0.15) is 101 Å². The van der Waals surface area contributed by atoms with Gasteiger partial charge in [0, 0.05) is 0 Å². The van der Waals surface area contributed by atoms with Crippen molar-refractivity contribution in [1.82, 2.24) is 0 Å². The first-order valence-corrected chi connectivity index (χ1v) is 10.2. The molecule has 4 heteroatoms. The van der Waals surface area contributed by atoms with Crippen LogP contribution >= 0.6 is 0 Å². The van der Waals surface area contributed by atoms with Crippen molar-refractivity contribution in [3.8, 4) is 0 Å². The highest BCUT2D eigenvalue weighted by Gasteiger charge is 2.21. The summed E-state index contributed by atoms with van der Waals surface area (Å²) in [7, 11) is 0. The number of hydrogen-bond acceptors (Lipinski definition) is 2. The molecule has 26 heavy (non-hydrogen) atoms. The molecule has 0 saturated heterocycles. The maximum absolute atomic E-state index is 13.7. The van der Waals surface area contributed by atoms with Crippen molar-refractivity contribution >= 4 is 5.97 Å². The van der Waals surface area contributed by atoms with Crippen molar-refractivity contribution in [2.45, 2.75) is 97.0 Å². The largest absolute Gasteiger partial charge is 0.459 e. The summed E-state index contributed by atoms with van der Waals surface area (Å²) in [5.74, 6) is -2.63. The Balaban J connectivity index is 2.32. The van der Waals surface area contributed by atoms with Gasteiger partial charge in [-0.1, -0.05) is 77.7 Å². The Morgan fingerprint density at radius 3 is 1.92 bits per heavy atom. The maximum atomic E-state index is 13.7. The number of esters is 1. The van der Waals surface area contributed by atoms with Crippen molar-refractivity contribution in [3.05, 3.63) is 35.4 Å². The lowest BCUT2D eigenvalue weighted by Gasteiger charge is -2.17. The molecular formula is C22H34F2O2. The fourth-order valence-electron chi connectivity index (χ4n) is 3.17. The molecule has 1 atom stereocenters. The monoisotopic (exact) mass is 368 g/mol. The number of unbranched alkanes of at least 4 members (excludes halogenated alkanes) is 8. The number of carbonyl (C=O) groups is 1. The van der Waals surface area contributed by atoms with Crippen molar-refractivity contribution < 1.29 is 18.3 Å². The van der Waals surface area contributed by atoms with Gasteiger partial charge in [0.2, 0.25) is 0 Å². The lowest BCUT2D eigenvalue weighted by Crippen LogP contribution is -2.20. The SMILES string of the molecule is CCCCCCCCCCCC(CCC)OC(=O)c1c(F)cccc1F. The Labute approximate surface area is 157 Å². The van der Waals surface area contributed by atoms with Crippen LogP contribution in [0.2, 0.25) is 0 Å². The van der Waals surface area contributed by atoms with Gasteiger partial charge in [-0.15, -0.1) is 0 Å². The maximum Gasteiger partial charge on any atom is 0.344 e. The number of ether oxygens (including phenoxy) is 1. The number of benzene rings is 1. The van der Waals surface area contributed by atoms with Crippen molar-refractivity contribution in [1.29, 1.82) is 0 Å². The summed E-state index contributed by atoms with van der Waals surface area (Å²) in [6.07, 6.45) is 13.2. The molecule has 0 spiro atoms. The van der Waals surface area contributed by atoms with E-state index >= 15 is 0 Å². The fraction of sp³-hybridized carbons (Fsp3) is 0.682. The fourth-order valence-corrected chi connectivity index (χ4v) is 3.17. The summed E-state index contributed by atoms with van der Waals surface area (Å²) in [6.45, 7) is 4.24. The van der Waals surface area contributed by atoms with Crippen LogP contribution < -0.4 is 0 Å². The minimum Gasteiger partial charge on any atom is -0.459 e. The number of carbonyl (C=O) groups excluding carboxylic acids is 1. The number of hydrogen-bond donors (Lipinski definition) is 0. The molecule has 0 fully saturated rings. The Morgan fingerprint density at radius 1 is 0.846 bits per heavy atom. The van der Waals surface area contributed by atoms with Gasteiger partial charge in [0.25, 0.3) is 0 Å². The Bertz CT molecular complexity index is 497. The zero-order valence-electron chi connectivity index (χ0n) is 16.4. The molecule has 0 N–H and O–H groups in total. The van der Waals surface area contributed by atoms with E-state index in [1.54, 1.807) is 0 Å². The minimum absolute atomic E-state index is 0.268. The third-order valence-corrected chi connectivity index (χ3v) is 4.68. The highest BCUT2D eigenvalue weighted by Crippen LogP contribution is 2.19. The predicted octanol–water partition coefficient (Wildman–Crippen LogP) is 7.21. The molecule has 1 unspecified atom stereocenters. The van der Waals surface area contributed by atoms with Gasteiger partial charge in [0.1, 0.15) is 23.3 Å². The molecule has 148 valence electrons. The first kappa shape index (κ1) is 22.6. The van der Waals surface area contributed by atoms with E-state index in [9.17, 15) is 13.6 Å². The topological polar surface area (TPSA) is 26.3 Å². The van der Waals surface area contributed by atoms with Gasteiger partial charge in [0.05, 0.1) is 0 Å². The number of halogens is 2. The zero-order valence-corrected chi connectivity index (χ0v) is 16.4. The predicted molar refractivity (Wildman–Crippen MR) is 102 cm³/mol. The van der Waals surface area contributed by atoms with Gasteiger partial charge in [-0.2, -0.15) is 0 Å². The highest BCUT2D eigenvalue weighted by molar-refractivity contribution is 5.90. The van der Waals surface area contributed by atoms with Crippen LogP contribution in [-0.4, -0.2) is 12.1 Å². The van der Waals surface area contributed by atoms with E-state index in [2.05, 4.69) is 6.92 Å². The lowest BCUT2D eigenvalue weighted by atomic mass is 10.0. The van der Waals surface area contributed by atoms with Crippen LogP contribution in [-0.2, 0) is 4.74 Å². The molecule has 0 aliphatic rings. The molecule has 0 saturated carbocycles. The second kappa shape index (κ2) is 13.7. The first-order chi connectivity index (χ1) is 12.6. The van der Waals surface area contributed by atoms with E-state index in [1.165, 1.54) is 51.0 Å². The molecule has 0 amide bonds. The van der Waals surface area contributed by atoms with Crippen LogP contribution in [0.3, 0.4) is 0 Å². The molecule has 1 rings (SSSR count). The smallest absolute Gasteiger partial charge is 0.344 e. The van der Waals surface area contributed by atoms with Crippen molar-refractivity contribution in [3.63, 3.8) is 0 Å².